The van der Waals surface area contributed by atoms with E-state index in [1.807, 2.05) is 0 Å². The molecule has 0 aliphatic carbocycles. The lowest BCUT2D eigenvalue weighted by Crippen LogP contribution is -2.40. The van der Waals surface area contributed by atoms with E-state index in [2.05, 4.69) is 4.72 Å². The summed E-state index contributed by atoms with van der Waals surface area (Å²) in [6.07, 6.45) is 1.76. The molecule has 1 aliphatic rings. The minimum absolute atomic E-state index is 0.0253. The van der Waals surface area contributed by atoms with Crippen LogP contribution in [-0.2, 0) is 15.0 Å². The Kier molecular flexibility index (Phi) is 4.69. The van der Waals surface area contributed by atoms with E-state index in [1.54, 1.807) is 6.92 Å². The maximum absolute atomic E-state index is 11.7. The third kappa shape index (κ3) is 4.07. The predicted molar refractivity (Wildman–Crippen MR) is 59.1 cm³/mol. The average Bonchev–Trinajstić information content (AvgIpc) is 2.67. The first-order valence-electron chi connectivity index (χ1n) is 5.38. The Morgan fingerprint density at radius 2 is 2.00 bits per heavy atom. The zero-order valence-corrected chi connectivity index (χ0v) is 10.2. The molecule has 16 heavy (non-hydrogen) atoms. The van der Waals surface area contributed by atoms with Crippen LogP contribution in [0.5, 0.6) is 0 Å². The quantitative estimate of drug-likeness (QED) is 0.696. The van der Waals surface area contributed by atoms with Gasteiger partial charge in [-0.1, -0.05) is 6.92 Å². The van der Waals surface area contributed by atoms with Crippen LogP contribution in [0.3, 0.4) is 0 Å². The highest BCUT2D eigenvalue weighted by Gasteiger charge is 2.25. The molecule has 0 saturated carbocycles. The topological polar surface area (TPSA) is 86.7 Å². The van der Waals surface area contributed by atoms with Crippen LogP contribution in [0, 0.1) is 5.92 Å². The molecule has 94 valence electrons. The molecular formula is C9H18N2O4S. The van der Waals surface area contributed by atoms with Gasteiger partial charge in [0.05, 0.1) is 0 Å². The Hall–Kier alpha value is -0.660. The molecule has 1 heterocycles. The minimum atomic E-state index is -3.40. The summed E-state index contributed by atoms with van der Waals surface area (Å²) < 4.78 is 27.2. The van der Waals surface area contributed by atoms with Crippen LogP contribution in [0.15, 0.2) is 0 Å². The van der Waals surface area contributed by atoms with Gasteiger partial charge in [-0.05, 0) is 18.8 Å². The summed E-state index contributed by atoms with van der Waals surface area (Å²) in [4.78, 5) is 10.4. The van der Waals surface area contributed by atoms with E-state index in [4.69, 9.17) is 5.11 Å². The van der Waals surface area contributed by atoms with Crippen molar-refractivity contribution in [3.05, 3.63) is 0 Å². The molecule has 1 fully saturated rings. The molecule has 1 saturated heterocycles. The molecule has 2 N–H and O–H groups in total. The van der Waals surface area contributed by atoms with Crippen LogP contribution >= 0.6 is 0 Å². The van der Waals surface area contributed by atoms with Crippen molar-refractivity contribution in [2.45, 2.75) is 26.2 Å². The second-order valence-corrected chi connectivity index (χ2v) is 5.92. The second kappa shape index (κ2) is 5.60. The molecule has 1 atom stereocenters. The monoisotopic (exact) mass is 250 g/mol. The first kappa shape index (κ1) is 13.4. The van der Waals surface area contributed by atoms with Gasteiger partial charge in [0.25, 0.3) is 10.2 Å². The van der Waals surface area contributed by atoms with E-state index in [1.165, 1.54) is 4.31 Å². The smallest absolute Gasteiger partial charge is 0.303 e. The Bertz CT molecular complexity index is 335. The van der Waals surface area contributed by atoms with Crippen LogP contribution in [-0.4, -0.2) is 43.4 Å². The van der Waals surface area contributed by atoms with Gasteiger partial charge in [-0.25, -0.2) is 4.72 Å². The van der Waals surface area contributed by atoms with Crippen molar-refractivity contribution in [1.82, 2.24) is 9.03 Å². The molecule has 0 aromatic carbocycles. The molecule has 1 unspecified atom stereocenters. The summed E-state index contributed by atoms with van der Waals surface area (Å²) in [6.45, 7) is 3.00. The fourth-order valence-corrected chi connectivity index (χ4v) is 3.05. The number of carboxylic acid groups (broad SMARTS) is 1. The number of carboxylic acids is 1. The normalized spacial score (nSPS) is 19.8. The number of nitrogens with one attached hydrogen (secondary N) is 1. The Labute approximate surface area is 95.8 Å². The lowest BCUT2D eigenvalue weighted by atomic mass is 10.1. The van der Waals surface area contributed by atoms with Crippen molar-refractivity contribution < 1.29 is 18.3 Å². The van der Waals surface area contributed by atoms with Gasteiger partial charge in [-0.15, -0.1) is 0 Å². The van der Waals surface area contributed by atoms with Gasteiger partial charge in [-0.2, -0.15) is 12.7 Å². The van der Waals surface area contributed by atoms with E-state index >= 15 is 0 Å². The lowest BCUT2D eigenvalue weighted by molar-refractivity contribution is -0.137. The summed E-state index contributed by atoms with van der Waals surface area (Å²) in [5.74, 6) is -1.11. The number of rotatable bonds is 6. The summed E-state index contributed by atoms with van der Waals surface area (Å²) in [6, 6.07) is 0. The number of aliphatic carboxylic acids is 1. The summed E-state index contributed by atoms with van der Waals surface area (Å²) in [5, 5.41) is 8.54. The van der Waals surface area contributed by atoms with Crippen LogP contribution in [0.4, 0.5) is 0 Å². The second-order valence-electron chi connectivity index (χ2n) is 4.16. The Morgan fingerprint density at radius 1 is 1.44 bits per heavy atom. The highest BCUT2D eigenvalue weighted by atomic mass is 32.2. The zero-order valence-electron chi connectivity index (χ0n) is 9.35. The number of hydrogen-bond acceptors (Lipinski definition) is 3. The van der Waals surface area contributed by atoms with Crippen LogP contribution in [0.1, 0.15) is 26.2 Å². The highest BCUT2D eigenvalue weighted by molar-refractivity contribution is 7.87. The molecule has 0 aromatic heterocycles. The fraction of sp³-hybridized carbons (Fsp3) is 0.889. The third-order valence-electron chi connectivity index (χ3n) is 2.54. The molecule has 6 nitrogen and oxygen atoms in total. The summed E-state index contributed by atoms with van der Waals surface area (Å²) in [7, 11) is -3.40. The SMILES string of the molecule is CC(CNS(=O)(=O)N1CCCC1)CC(=O)O. The van der Waals surface area contributed by atoms with Crippen LogP contribution in [0.2, 0.25) is 0 Å². The maximum Gasteiger partial charge on any atom is 0.303 e. The molecular weight excluding hydrogens is 232 g/mol. The van der Waals surface area contributed by atoms with Gasteiger partial charge in [0.2, 0.25) is 0 Å². The van der Waals surface area contributed by atoms with E-state index in [-0.39, 0.29) is 18.9 Å². The van der Waals surface area contributed by atoms with Gasteiger partial charge in [-0.3, -0.25) is 4.79 Å². The number of nitrogens with zero attached hydrogens (tertiary/aromatic N) is 1. The largest absolute Gasteiger partial charge is 0.481 e. The lowest BCUT2D eigenvalue weighted by Gasteiger charge is -2.17. The van der Waals surface area contributed by atoms with E-state index in [9.17, 15) is 13.2 Å². The van der Waals surface area contributed by atoms with Gasteiger partial charge in [0.15, 0.2) is 0 Å². The van der Waals surface area contributed by atoms with Crippen molar-refractivity contribution >= 4 is 16.2 Å². The van der Waals surface area contributed by atoms with Crippen molar-refractivity contribution in [2.24, 2.45) is 5.92 Å². The molecule has 7 heteroatoms. The standard InChI is InChI=1S/C9H18N2O4S/c1-8(6-9(12)13)7-10-16(14,15)11-4-2-3-5-11/h8,10H,2-7H2,1H3,(H,12,13). The highest BCUT2D eigenvalue weighted by Crippen LogP contribution is 2.11. The predicted octanol–water partition coefficient (Wildman–Crippen LogP) is 0.0274. The van der Waals surface area contributed by atoms with Gasteiger partial charge < -0.3 is 5.11 Å². The van der Waals surface area contributed by atoms with Gasteiger partial charge in [0.1, 0.15) is 0 Å². The first-order chi connectivity index (χ1) is 7.42. The Balaban J connectivity index is 2.38. The minimum Gasteiger partial charge on any atom is -0.481 e. The molecule has 0 spiro atoms. The van der Waals surface area contributed by atoms with E-state index in [0.29, 0.717) is 13.1 Å². The fourth-order valence-electron chi connectivity index (χ4n) is 1.64. The first-order valence-corrected chi connectivity index (χ1v) is 6.82. The van der Waals surface area contributed by atoms with Crippen molar-refractivity contribution in [2.75, 3.05) is 19.6 Å². The third-order valence-corrected chi connectivity index (χ3v) is 4.12. The Morgan fingerprint density at radius 3 is 2.50 bits per heavy atom. The molecule has 0 radical (unpaired) electrons. The summed E-state index contributed by atoms with van der Waals surface area (Å²) >= 11 is 0. The van der Waals surface area contributed by atoms with E-state index in [0.717, 1.165) is 12.8 Å². The maximum atomic E-state index is 11.7. The molecule has 0 amide bonds. The van der Waals surface area contributed by atoms with Crippen LogP contribution in [0.25, 0.3) is 0 Å². The zero-order chi connectivity index (χ0) is 12.2. The van der Waals surface area contributed by atoms with Gasteiger partial charge >= 0.3 is 5.97 Å². The van der Waals surface area contributed by atoms with Gasteiger partial charge in [0, 0.05) is 26.1 Å². The van der Waals surface area contributed by atoms with Crippen molar-refractivity contribution in [3.63, 3.8) is 0 Å². The van der Waals surface area contributed by atoms with Crippen molar-refractivity contribution in [1.29, 1.82) is 0 Å². The average molecular weight is 250 g/mol. The molecule has 1 rings (SSSR count). The number of hydrogen-bond donors (Lipinski definition) is 2. The number of carbonyl (C=O) groups is 1. The molecule has 1 aliphatic heterocycles. The summed E-state index contributed by atoms with van der Waals surface area (Å²) in [5.41, 5.74) is 0. The molecule has 0 bridgehead atoms. The van der Waals surface area contributed by atoms with E-state index < -0.39 is 16.2 Å². The van der Waals surface area contributed by atoms with Crippen molar-refractivity contribution in [3.8, 4) is 0 Å². The van der Waals surface area contributed by atoms with Crippen LogP contribution < -0.4 is 4.72 Å². The molecule has 0 aromatic rings.